The first-order chi connectivity index (χ1) is 6.24. The van der Waals surface area contributed by atoms with Crippen molar-refractivity contribution < 1.29 is 19.4 Å². The lowest BCUT2D eigenvalue weighted by Crippen LogP contribution is -2.42. The van der Waals surface area contributed by atoms with Crippen molar-refractivity contribution in [1.29, 1.82) is 0 Å². The van der Waals surface area contributed by atoms with Crippen molar-refractivity contribution in [2.45, 2.75) is 13.0 Å². The molecule has 1 N–H and O–H groups in total. The number of nitrogens with zero attached hydrogens (tertiary/aromatic N) is 1. The summed E-state index contributed by atoms with van der Waals surface area (Å²) in [6.45, 7) is 3.76. The summed E-state index contributed by atoms with van der Waals surface area (Å²) in [4.78, 5) is 12.9. The largest absolute Gasteiger partial charge is 0.444 e. The molecule has 0 bridgehead atoms. The quantitative estimate of drug-likeness (QED) is 0.655. The van der Waals surface area contributed by atoms with Crippen LogP contribution >= 0.6 is 0 Å². The molecule has 0 saturated carbocycles. The minimum atomic E-state index is -0.435. The third-order valence-corrected chi connectivity index (χ3v) is 1.83. The van der Waals surface area contributed by atoms with Gasteiger partial charge < -0.3 is 19.5 Å². The minimum Gasteiger partial charge on any atom is -0.444 e. The molecule has 0 aromatic rings. The van der Waals surface area contributed by atoms with E-state index in [1.54, 1.807) is 11.8 Å². The Labute approximate surface area is 77.2 Å². The van der Waals surface area contributed by atoms with Gasteiger partial charge in [0, 0.05) is 13.1 Å². The summed E-state index contributed by atoms with van der Waals surface area (Å²) < 4.78 is 10.0. The van der Waals surface area contributed by atoms with Crippen LogP contribution in [-0.4, -0.2) is 55.1 Å². The topological polar surface area (TPSA) is 59.0 Å². The fraction of sp³-hybridized carbons (Fsp3) is 0.875. The summed E-state index contributed by atoms with van der Waals surface area (Å²) in [5, 5.41) is 8.66. The van der Waals surface area contributed by atoms with Crippen molar-refractivity contribution in [3.8, 4) is 0 Å². The van der Waals surface area contributed by atoms with Gasteiger partial charge in [-0.2, -0.15) is 0 Å². The second-order valence-electron chi connectivity index (χ2n) is 2.98. The first kappa shape index (κ1) is 10.3. The number of aliphatic hydroxyl groups excluding tert-OH is 1. The summed E-state index contributed by atoms with van der Waals surface area (Å²) >= 11 is 0. The molecule has 76 valence electrons. The molecule has 0 aromatic heterocycles. The van der Waals surface area contributed by atoms with Crippen LogP contribution in [0.2, 0.25) is 0 Å². The first-order valence-electron chi connectivity index (χ1n) is 4.38. The highest BCUT2D eigenvalue weighted by molar-refractivity contribution is 5.67. The molecule has 13 heavy (non-hydrogen) atoms. The van der Waals surface area contributed by atoms with Crippen LogP contribution in [0.3, 0.4) is 0 Å². The Morgan fingerprint density at radius 2 is 2.23 bits per heavy atom. The van der Waals surface area contributed by atoms with Crippen LogP contribution in [0, 0.1) is 0 Å². The van der Waals surface area contributed by atoms with Crippen molar-refractivity contribution >= 4 is 6.09 Å². The van der Waals surface area contributed by atoms with Gasteiger partial charge in [-0.25, -0.2) is 4.79 Å². The summed E-state index contributed by atoms with van der Waals surface area (Å²) in [5.74, 6) is 0. The molecule has 0 aliphatic carbocycles. The molecule has 1 saturated heterocycles. The van der Waals surface area contributed by atoms with Gasteiger partial charge in [-0.1, -0.05) is 0 Å². The maximum Gasteiger partial charge on any atom is 0.410 e. The summed E-state index contributed by atoms with van der Waals surface area (Å²) in [6, 6.07) is 0. The normalized spacial score (nSPS) is 19.7. The molecule has 5 heteroatoms. The maximum atomic E-state index is 11.3. The lowest BCUT2D eigenvalue weighted by molar-refractivity contribution is 0.00503. The highest BCUT2D eigenvalue weighted by atomic mass is 16.6. The predicted molar refractivity (Wildman–Crippen MR) is 45.4 cm³/mol. The first-order valence-corrected chi connectivity index (χ1v) is 4.38. The summed E-state index contributed by atoms with van der Waals surface area (Å²) in [7, 11) is 0. The van der Waals surface area contributed by atoms with Crippen LogP contribution < -0.4 is 0 Å². The number of amides is 1. The van der Waals surface area contributed by atoms with Gasteiger partial charge in [-0.15, -0.1) is 0 Å². The Morgan fingerprint density at radius 3 is 2.77 bits per heavy atom. The zero-order chi connectivity index (χ0) is 9.68. The molecule has 0 radical (unpaired) electrons. The predicted octanol–water partition coefficient (Wildman–Crippen LogP) is -0.164. The third-order valence-electron chi connectivity index (χ3n) is 1.83. The molecule has 1 unspecified atom stereocenters. The molecule has 1 aliphatic rings. The average molecular weight is 189 g/mol. The average Bonchev–Trinajstić information content (AvgIpc) is 2.19. The molecule has 0 spiro atoms. The Balaban J connectivity index is 2.29. The summed E-state index contributed by atoms with van der Waals surface area (Å²) in [5.41, 5.74) is 0. The fourth-order valence-electron chi connectivity index (χ4n) is 1.03. The van der Waals surface area contributed by atoms with Gasteiger partial charge in [-0.05, 0) is 6.92 Å². The molecule has 5 nitrogen and oxygen atoms in total. The van der Waals surface area contributed by atoms with Gasteiger partial charge in [0.15, 0.2) is 0 Å². The number of carbonyl (C=O) groups excluding carboxylic acids is 1. The molecular weight excluding hydrogens is 174 g/mol. The fourth-order valence-corrected chi connectivity index (χ4v) is 1.03. The van der Waals surface area contributed by atoms with Gasteiger partial charge in [0.25, 0.3) is 0 Å². The molecule has 1 aliphatic heterocycles. The van der Waals surface area contributed by atoms with Gasteiger partial charge >= 0.3 is 6.09 Å². The Morgan fingerprint density at radius 1 is 1.62 bits per heavy atom. The van der Waals surface area contributed by atoms with Crippen LogP contribution in [0.25, 0.3) is 0 Å². The van der Waals surface area contributed by atoms with E-state index < -0.39 is 6.10 Å². The zero-order valence-electron chi connectivity index (χ0n) is 7.73. The SMILES string of the molecule is CC(CO)OC(=O)N1CCOCC1. The zero-order valence-corrected chi connectivity index (χ0v) is 7.73. The van der Waals surface area contributed by atoms with E-state index in [1.165, 1.54) is 0 Å². The number of hydrogen-bond acceptors (Lipinski definition) is 4. The highest BCUT2D eigenvalue weighted by Crippen LogP contribution is 2.01. The molecule has 1 amide bonds. The van der Waals surface area contributed by atoms with E-state index in [-0.39, 0.29) is 12.7 Å². The number of ether oxygens (including phenoxy) is 2. The van der Waals surface area contributed by atoms with E-state index in [2.05, 4.69) is 0 Å². The van der Waals surface area contributed by atoms with E-state index in [0.29, 0.717) is 26.3 Å². The van der Waals surface area contributed by atoms with E-state index in [1.807, 2.05) is 0 Å². The molecule has 1 fully saturated rings. The van der Waals surface area contributed by atoms with E-state index in [9.17, 15) is 4.79 Å². The third kappa shape index (κ3) is 3.20. The maximum absolute atomic E-state index is 11.3. The molecule has 1 atom stereocenters. The van der Waals surface area contributed by atoms with Crippen LogP contribution in [0.15, 0.2) is 0 Å². The highest BCUT2D eigenvalue weighted by Gasteiger charge is 2.19. The lowest BCUT2D eigenvalue weighted by atomic mass is 10.4. The smallest absolute Gasteiger partial charge is 0.410 e. The second kappa shape index (κ2) is 5.04. The van der Waals surface area contributed by atoms with Gasteiger partial charge in [0.1, 0.15) is 6.10 Å². The molecule has 0 aromatic carbocycles. The Kier molecular flexibility index (Phi) is 3.98. The standard InChI is InChI=1S/C8H15NO4/c1-7(6-10)13-8(11)9-2-4-12-5-3-9/h7,10H,2-6H2,1H3. The van der Waals surface area contributed by atoms with Crippen molar-refractivity contribution in [3.05, 3.63) is 0 Å². The summed E-state index contributed by atoms with van der Waals surface area (Å²) in [6.07, 6.45) is -0.805. The molecular formula is C8H15NO4. The van der Waals surface area contributed by atoms with Crippen LogP contribution in [0.4, 0.5) is 4.79 Å². The lowest BCUT2D eigenvalue weighted by Gasteiger charge is -2.27. The van der Waals surface area contributed by atoms with Gasteiger partial charge in [-0.3, -0.25) is 0 Å². The Hall–Kier alpha value is -0.810. The van der Waals surface area contributed by atoms with Crippen molar-refractivity contribution in [1.82, 2.24) is 4.90 Å². The van der Waals surface area contributed by atoms with Crippen LogP contribution in [-0.2, 0) is 9.47 Å². The minimum absolute atomic E-state index is 0.143. The number of morpholine rings is 1. The second-order valence-corrected chi connectivity index (χ2v) is 2.98. The number of hydrogen-bond donors (Lipinski definition) is 1. The number of rotatable bonds is 2. The number of aliphatic hydroxyl groups is 1. The molecule has 1 heterocycles. The van der Waals surface area contributed by atoms with Gasteiger partial charge in [0.05, 0.1) is 19.8 Å². The van der Waals surface area contributed by atoms with Crippen molar-refractivity contribution in [3.63, 3.8) is 0 Å². The monoisotopic (exact) mass is 189 g/mol. The molecule has 1 rings (SSSR count). The van der Waals surface area contributed by atoms with Crippen molar-refractivity contribution in [2.24, 2.45) is 0 Å². The van der Waals surface area contributed by atoms with E-state index in [0.717, 1.165) is 0 Å². The number of carbonyl (C=O) groups is 1. The van der Waals surface area contributed by atoms with E-state index >= 15 is 0 Å². The Bertz CT molecular complexity index is 168. The van der Waals surface area contributed by atoms with Crippen LogP contribution in [0.1, 0.15) is 6.92 Å². The van der Waals surface area contributed by atoms with E-state index in [4.69, 9.17) is 14.6 Å². The van der Waals surface area contributed by atoms with Crippen LogP contribution in [0.5, 0.6) is 0 Å². The van der Waals surface area contributed by atoms with Crippen molar-refractivity contribution in [2.75, 3.05) is 32.9 Å². The van der Waals surface area contributed by atoms with Gasteiger partial charge in [0.2, 0.25) is 0 Å².